The highest BCUT2D eigenvalue weighted by atomic mass is 35.5. The maximum atomic E-state index is 12.8. The van der Waals surface area contributed by atoms with Crippen molar-refractivity contribution in [2.75, 3.05) is 33.3 Å². The zero-order valence-corrected chi connectivity index (χ0v) is 15.5. The highest BCUT2D eigenvalue weighted by Gasteiger charge is 2.27. The minimum atomic E-state index is -0.183. The van der Waals surface area contributed by atoms with Crippen LogP contribution in [0.2, 0.25) is 10.0 Å². The largest absolute Gasteiger partial charge is 0.494 e. The Morgan fingerprint density at radius 2 is 1.75 bits per heavy atom. The van der Waals surface area contributed by atoms with Crippen LogP contribution in [0.15, 0.2) is 12.1 Å². The lowest BCUT2D eigenvalue weighted by Gasteiger charge is -2.35. The summed E-state index contributed by atoms with van der Waals surface area (Å²) in [4.78, 5) is 28.3. The summed E-state index contributed by atoms with van der Waals surface area (Å²) >= 11 is 12.1. The smallest absolute Gasteiger partial charge is 0.257 e. The van der Waals surface area contributed by atoms with Crippen molar-refractivity contribution < 1.29 is 14.3 Å². The number of unbranched alkanes of at least 4 members (excludes halogenated alkanes) is 1. The van der Waals surface area contributed by atoms with E-state index in [0.717, 1.165) is 12.8 Å². The summed E-state index contributed by atoms with van der Waals surface area (Å²) in [6.07, 6.45) is 2.47. The van der Waals surface area contributed by atoms with Gasteiger partial charge in [-0.15, -0.1) is 0 Å². The number of halogens is 2. The Balaban J connectivity index is 2.04. The number of amides is 2. The second-order valence-electron chi connectivity index (χ2n) is 5.74. The molecule has 2 rings (SSSR count). The normalized spacial score (nSPS) is 14.7. The number of piperazine rings is 1. The van der Waals surface area contributed by atoms with Crippen molar-refractivity contribution in [2.45, 2.75) is 26.2 Å². The molecule has 1 saturated heterocycles. The van der Waals surface area contributed by atoms with Gasteiger partial charge in [0.15, 0.2) is 0 Å². The van der Waals surface area contributed by atoms with Gasteiger partial charge in [-0.1, -0.05) is 36.5 Å². The first-order chi connectivity index (χ1) is 11.5. The van der Waals surface area contributed by atoms with E-state index in [1.54, 1.807) is 17.0 Å². The standard InChI is InChI=1S/C17H22Cl2N2O3/c1-3-4-5-15(22)20-6-8-21(9-7-20)17(23)13-10-12(18)11-14(19)16(13)24-2/h10-11H,3-9H2,1-2H3. The van der Waals surface area contributed by atoms with Crippen molar-refractivity contribution >= 4 is 35.0 Å². The van der Waals surface area contributed by atoms with Crippen molar-refractivity contribution in [3.05, 3.63) is 27.7 Å². The summed E-state index contributed by atoms with van der Waals surface area (Å²) in [5.74, 6) is 0.303. The molecule has 2 amide bonds. The van der Waals surface area contributed by atoms with Gasteiger partial charge in [0.05, 0.1) is 17.7 Å². The molecule has 0 saturated carbocycles. The van der Waals surface area contributed by atoms with E-state index in [9.17, 15) is 9.59 Å². The average molecular weight is 373 g/mol. The zero-order valence-electron chi connectivity index (χ0n) is 14.0. The predicted molar refractivity (Wildman–Crippen MR) is 95.0 cm³/mol. The van der Waals surface area contributed by atoms with Crippen LogP contribution in [0.3, 0.4) is 0 Å². The maximum Gasteiger partial charge on any atom is 0.257 e. The van der Waals surface area contributed by atoms with Crippen LogP contribution in [0.25, 0.3) is 0 Å². The molecule has 5 nitrogen and oxygen atoms in total. The van der Waals surface area contributed by atoms with Gasteiger partial charge in [-0.2, -0.15) is 0 Å². The lowest BCUT2D eigenvalue weighted by molar-refractivity contribution is -0.132. The van der Waals surface area contributed by atoms with E-state index in [2.05, 4.69) is 6.92 Å². The van der Waals surface area contributed by atoms with Crippen molar-refractivity contribution in [2.24, 2.45) is 0 Å². The molecule has 1 fully saturated rings. The van der Waals surface area contributed by atoms with Crippen LogP contribution in [0, 0.1) is 0 Å². The summed E-state index contributed by atoms with van der Waals surface area (Å²) in [5, 5.41) is 0.694. The lowest BCUT2D eigenvalue weighted by Crippen LogP contribution is -2.50. The minimum Gasteiger partial charge on any atom is -0.494 e. The first-order valence-electron chi connectivity index (χ1n) is 8.08. The number of ether oxygens (including phenoxy) is 1. The van der Waals surface area contributed by atoms with Gasteiger partial charge in [0.1, 0.15) is 5.75 Å². The maximum absolute atomic E-state index is 12.8. The van der Waals surface area contributed by atoms with Crippen molar-refractivity contribution in [3.63, 3.8) is 0 Å². The fourth-order valence-electron chi connectivity index (χ4n) is 2.74. The van der Waals surface area contributed by atoms with Gasteiger partial charge < -0.3 is 14.5 Å². The quantitative estimate of drug-likeness (QED) is 0.794. The van der Waals surface area contributed by atoms with E-state index in [1.807, 2.05) is 4.90 Å². The van der Waals surface area contributed by atoms with Gasteiger partial charge in [-0.25, -0.2) is 0 Å². The van der Waals surface area contributed by atoms with Crippen molar-refractivity contribution in [1.82, 2.24) is 9.80 Å². The number of methoxy groups -OCH3 is 1. The molecule has 1 aliphatic heterocycles. The Morgan fingerprint density at radius 1 is 1.12 bits per heavy atom. The third-order valence-corrected chi connectivity index (χ3v) is 4.61. The van der Waals surface area contributed by atoms with Crippen molar-refractivity contribution in [3.8, 4) is 5.75 Å². The Labute approximate surface area is 152 Å². The number of hydrogen-bond donors (Lipinski definition) is 0. The van der Waals surface area contributed by atoms with Crippen molar-refractivity contribution in [1.29, 1.82) is 0 Å². The topological polar surface area (TPSA) is 49.9 Å². The van der Waals surface area contributed by atoms with Crippen LogP contribution in [0.5, 0.6) is 5.75 Å². The van der Waals surface area contributed by atoms with Crippen LogP contribution in [0.1, 0.15) is 36.5 Å². The Morgan fingerprint density at radius 3 is 2.33 bits per heavy atom. The lowest BCUT2D eigenvalue weighted by atomic mass is 10.1. The molecule has 1 aromatic carbocycles. The number of carbonyl (C=O) groups is 2. The average Bonchev–Trinajstić information content (AvgIpc) is 2.58. The Bertz CT molecular complexity index is 614. The van der Waals surface area contributed by atoms with Crippen LogP contribution >= 0.6 is 23.2 Å². The molecule has 0 bridgehead atoms. The van der Waals surface area contributed by atoms with E-state index in [0.29, 0.717) is 54.0 Å². The summed E-state index contributed by atoms with van der Waals surface area (Å²) in [6.45, 7) is 4.14. The monoisotopic (exact) mass is 372 g/mol. The van der Waals surface area contributed by atoms with E-state index in [1.165, 1.54) is 7.11 Å². The highest BCUT2D eigenvalue weighted by Crippen LogP contribution is 2.33. The van der Waals surface area contributed by atoms with E-state index >= 15 is 0 Å². The number of nitrogens with zero attached hydrogens (tertiary/aromatic N) is 2. The SMILES string of the molecule is CCCCC(=O)N1CCN(C(=O)c2cc(Cl)cc(Cl)c2OC)CC1. The van der Waals surface area contributed by atoms with Crippen LogP contribution in [-0.2, 0) is 4.79 Å². The van der Waals surface area contributed by atoms with E-state index in [-0.39, 0.29) is 11.8 Å². The highest BCUT2D eigenvalue weighted by molar-refractivity contribution is 6.36. The zero-order chi connectivity index (χ0) is 17.7. The molecule has 7 heteroatoms. The Hall–Kier alpha value is -1.46. The molecular weight excluding hydrogens is 351 g/mol. The number of carbonyl (C=O) groups excluding carboxylic acids is 2. The van der Waals surface area contributed by atoms with E-state index < -0.39 is 0 Å². The molecule has 24 heavy (non-hydrogen) atoms. The van der Waals surface area contributed by atoms with Gasteiger partial charge in [0.2, 0.25) is 5.91 Å². The molecule has 0 N–H and O–H groups in total. The van der Waals surface area contributed by atoms with Gasteiger partial charge >= 0.3 is 0 Å². The fraction of sp³-hybridized carbons (Fsp3) is 0.529. The minimum absolute atomic E-state index is 0.160. The summed E-state index contributed by atoms with van der Waals surface area (Å²) in [7, 11) is 1.47. The van der Waals surface area contributed by atoms with Gasteiger partial charge in [-0.3, -0.25) is 9.59 Å². The molecular formula is C17H22Cl2N2O3. The second kappa shape index (κ2) is 8.58. The van der Waals surface area contributed by atoms with Gasteiger partial charge in [0, 0.05) is 37.6 Å². The molecule has 1 aromatic rings. The second-order valence-corrected chi connectivity index (χ2v) is 6.59. The third-order valence-electron chi connectivity index (χ3n) is 4.11. The summed E-state index contributed by atoms with van der Waals surface area (Å²) in [6, 6.07) is 3.11. The molecule has 1 aliphatic rings. The molecule has 0 aliphatic carbocycles. The third kappa shape index (κ3) is 4.33. The molecule has 1 heterocycles. The molecule has 0 atom stereocenters. The number of hydrogen-bond acceptors (Lipinski definition) is 3. The van der Waals surface area contributed by atoms with Crippen LogP contribution in [-0.4, -0.2) is 54.9 Å². The predicted octanol–water partition coefficient (Wildman–Crippen LogP) is 3.48. The molecule has 0 aromatic heterocycles. The molecule has 0 unspecified atom stereocenters. The van der Waals surface area contributed by atoms with Gasteiger partial charge in [-0.05, 0) is 18.6 Å². The Kier molecular flexibility index (Phi) is 6.75. The molecule has 0 radical (unpaired) electrons. The molecule has 132 valence electrons. The van der Waals surface area contributed by atoms with Crippen LogP contribution < -0.4 is 4.74 Å². The summed E-state index contributed by atoms with van der Waals surface area (Å²) in [5.41, 5.74) is 0.348. The van der Waals surface area contributed by atoms with Gasteiger partial charge in [0.25, 0.3) is 5.91 Å². The first-order valence-corrected chi connectivity index (χ1v) is 8.83. The number of rotatable bonds is 5. The summed E-state index contributed by atoms with van der Waals surface area (Å²) < 4.78 is 5.24. The number of benzene rings is 1. The first kappa shape index (κ1) is 18.9. The van der Waals surface area contributed by atoms with Crippen LogP contribution in [0.4, 0.5) is 0 Å². The molecule has 0 spiro atoms. The van der Waals surface area contributed by atoms with E-state index in [4.69, 9.17) is 27.9 Å². The fourth-order valence-corrected chi connectivity index (χ4v) is 3.31.